The van der Waals surface area contributed by atoms with E-state index in [9.17, 15) is 0 Å². The molecule has 0 N–H and O–H groups in total. The number of hydrogen-bond donors (Lipinski definition) is 0. The van der Waals surface area contributed by atoms with Gasteiger partial charge in [-0.3, -0.25) is 0 Å². The van der Waals surface area contributed by atoms with Gasteiger partial charge in [-0.1, -0.05) is 120 Å². The quantitative estimate of drug-likeness (QED) is 0.309. The largest absolute Gasteiger partial charge is 0.0654 e. The van der Waals surface area contributed by atoms with Crippen LogP contribution in [-0.4, -0.2) is 0 Å². The number of unbranched alkanes of at least 4 members (excludes halogenated alkanes) is 7. The van der Waals surface area contributed by atoms with Crippen molar-refractivity contribution in [2.45, 2.75) is 110 Å². The molecule has 0 heteroatoms. The second-order valence-corrected chi connectivity index (χ2v) is 9.65. The van der Waals surface area contributed by atoms with Crippen LogP contribution in [0.4, 0.5) is 0 Å². The van der Waals surface area contributed by atoms with Crippen LogP contribution >= 0.6 is 0 Å². The third-order valence-corrected chi connectivity index (χ3v) is 7.39. The fourth-order valence-electron chi connectivity index (χ4n) is 5.23. The molecule has 0 saturated heterocycles. The molecule has 1 saturated carbocycles. The van der Waals surface area contributed by atoms with Crippen molar-refractivity contribution in [1.82, 2.24) is 0 Å². The summed E-state index contributed by atoms with van der Waals surface area (Å²) in [4.78, 5) is 0. The summed E-state index contributed by atoms with van der Waals surface area (Å²) >= 11 is 0. The molecule has 2 aromatic carbocycles. The summed E-state index contributed by atoms with van der Waals surface area (Å²) in [5, 5.41) is 0. The van der Waals surface area contributed by atoms with Gasteiger partial charge in [0.05, 0.1) is 0 Å². The molecule has 0 bridgehead atoms. The van der Waals surface area contributed by atoms with E-state index in [1.165, 1.54) is 100 Å². The van der Waals surface area contributed by atoms with Crippen LogP contribution in [0.25, 0.3) is 11.1 Å². The fraction of sp³-hybridized carbons (Fsp3) is 0.600. The molecule has 164 valence electrons. The van der Waals surface area contributed by atoms with Crippen LogP contribution < -0.4 is 0 Å². The molecule has 30 heavy (non-hydrogen) atoms. The van der Waals surface area contributed by atoms with Crippen LogP contribution in [0.2, 0.25) is 0 Å². The van der Waals surface area contributed by atoms with Gasteiger partial charge in [-0.05, 0) is 66.2 Å². The van der Waals surface area contributed by atoms with Crippen LogP contribution in [0.15, 0.2) is 48.5 Å². The standard InChI is InChI=1S/C30H44/c1-3-5-6-7-8-9-10-11-12-26-15-19-28(20-16-26)30-23-21-29(22-24-30)27-17-13-25(4-2)14-18-27/h13-14,17-18,21-24,26,28H,3-12,15-16,19-20H2,1-2H3. The first-order chi connectivity index (χ1) is 14.8. The highest BCUT2D eigenvalue weighted by Crippen LogP contribution is 2.38. The van der Waals surface area contributed by atoms with E-state index >= 15 is 0 Å². The first kappa shape index (κ1) is 23.1. The van der Waals surface area contributed by atoms with Crippen LogP contribution in [0.3, 0.4) is 0 Å². The van der Waals surface area contributed by atoms with Gasteiger partial charge in [0.15, 0.2) is 0 Å². The third-order valence-electron chi connectivity index (χ3n) is 7.39. The Balaban J connectivity index is 1.35. The van der Waals surface area contributed by atoms with Crippen molar-refractivity contribution in [1.29, 1.82) is 0 Å². The van der Waals surface area contributed by atoms with E-state index in [4.69, 9.17) is 0 Å². The van der Waals surface area contributed by atoms with Gasteiger partial charge in [0, 0.05) is 0 Å². The first-order valence-electron chi connectivity index (χ1n) is 13.0. The van der Waals surface area contributed by atoms with Gasteiger partial charge in [0.2, 0.25) is 0 Å². The van der Waals surface area contributed by atoms with E-state index in [1.807, 2.05) is 0 Å². The zero-order valence-corrected chi connectivity index (χ0v) is 19.7. The molecule has 2 aromatic rings. The molecule has 0 nitrogen and oxygen atoms in total. The summed E-state index contributed by atoms with van der Waals surface area (Å²) in [7, 11) is 0. The maximum absolute atomic E-state index is 2.40. The van der Waals surface area contributed by atoms with Crippen molar-refractivity contribution in [2.75, 3.05) is 0 Å². The average molecular weight is 405 g/mol. The van der Waals surface area contributed by atoms with Crippen molar-refractivity contribution in [3.05, 3.63) is 59.7 Å². The lowest BCUT2D eigenvalue weighted by Crippen LogP contribution is -2.13. The number of rotatable bonds is 12. The van der Waals surface area contributed by atoms with Gasteiger partial charge in [-0.25, -0.2) is 0 Å². The Hall–Kier alpha value is -1.56. The van der Waals surface area contributed by atoms with Gasteiger partial charge in [0.1, 0.15) is 0 Å². The molecule has 0 radical (unpaired) electrons. The number of benzene rings is 2. The predicted octanol–water partition coefficient (Wildman–Crippen LogP) is 9.72. The molecular weight excluding hydrogens is 360 g/mol. The minimum Gasteiger partial charge on any atom is -0.0654 e. The van der Waals surface area contributed by atoms with E-state index in [1.54, 1.807) is 5.56 Å². The van der Waals surface area contributed by atoms with Crippen LogP contribution in [0.5, 0.6) is 0 Å². The zero-order valence-electron chi connectivity index (χ0n) is 19.7. The lowest BCUT2D eigenvalue weighted by atomic mass is 9.77. The van der Waals surface area contributed by atoms with Crippen molar-refractivity contribution < 1.29 is 0 Å². The Morgan fingerprint density at radius 2 is 1.13 bits per heavy atom. The normalized spacial score (nSPS) is 19.1. The van der Waals surface area contributed by atoms with Crippen LogP contribution in [0, 0.1) is 5.92 Å². The van der Waals surface area contributed by atoms with E-state index < -0.39 is 0 Å². The lowest BCUT2D eigenvalue weighted by molar-refractivity contribution is 0.302. The minimum absolute atomic E-state index is 0.788. The molecule has 0 aromatic heterocycles. The average Bonchev–Trinajstić information content (AvgIpc) is 2.81. The molecule has 0 unspecified atom stereocenters. The first-order valence-corrected chi connectivity index (χ1v) is 13.0. The van der Waals surface area contributed by atoms with Crippen molar-refractivity contribution in [3.8, 4) is 11.1 Å². The Labute approximate surface area is 186 Å². The molecule has 1 fully saturated rings. The maximum Gasteiger partial charge on any atom is -0.0162 e. The van der Waals surface area contributed by atoms with Gasteiger partial charge in [0.25, 0.3) is 0 Å². The predicted molar refractivity (Wildman–Crippen MR) is 133 cm³/mol. The smallest absolute Gasteiger partial charge is 0.0162 e. The molecule has 0 spiro atoms. The molecule has 0 heterocycles. The Morgan fingerprint density at radius 3 is 1.70 bits per heavy atom. The molecule has 3 rings (SSSR count). The van der Waals surface area contributed by atoms with E-state index in [-0.39, 0.29) is 0 Å². The highest BCUT2D eigenvalue weighted by atomic mass is 14.3. The Kier molecular flexibility index (Phi) is 10.0. The molecule has 1 aliphatic carbocycles. The minimum atomic E-state index is 0.788. The summed E-state index contributed by atoms with van der Waals surface area (Å²) in [6, 6.07) is 18.5. The molecule has 0 aliphatic heterocycles. The summed E-state index contributed by atoms with van der Waals surface area (Å²) in [6.45, 7) is 4.52. The van der Waals surface area contributed by atoms with Crippen LogP contribution in [0.1, 0.15) is 114 Å². The molecule has 1 aliphatic rings. The van der Waals surface area contributed by atoms with E-state index in [0.29, 0.717) is 0 Å². The molecular formula is C30H44. The summed E-state index contributed by atoms with van der Waals surface area (Å²) < 4.78 is 0. The third kappa shape index (κ3) is 7.29. The van der Waals surface area contributed by atoms with E-state index in [2.05, 4.69) is 62.4 Å². The highest BCUT2D eigenvalue weighted by molar-refractivity contribution is 5.64. The highest BCUT2D eigenvalue weighted by Gasteiger charge is 2.22. The van der Waals surface area contributed by atoms with Crippen molar-refractivity contribution in [3.63, 3.8) is 0 Å². The molecule has 0 atom stereocenters. The SMILES string of the molecule is CCCCCCCCCCC1CCC(c2ccc(-c3ccc(CC)cc3)cc2)CC1. The van der Waals surface area contributed by atoms with Gasteiger partial charge >= 0.3 is 0 Å². The molecule has 0 amide bonds. The zero-order chi connectivity index (χ0) is 21.0. The van der Waals surface area contributed by atoms with Gasteiger partial charge in [-0.15, -0.1) is 0 Å². The van der Waals surface area contributed by atoms with Crippen molar-refractivity contribution in [2.24, 2.45) is 5.92 Å². The monoisotopic (exact) mass is 404 g/mol. The maximum atomic E-state index is 2.40. The number of aryl methyl sites for hydroxylation is 1. The van der Waals surface area contributed by atoms with Crippen molar-refractivity contribution >= 4 is 0 Å². The topological polar surface area (TPSA) is 0 Å². The van der Waals surface area contributed by atoms with Crippen LogP contribution in [-0.2, 0) is 6.42 Å². The van der Waals surface area contributed by atoms with Gasteiger partial charge < -0.3 is 0 Å². The second-order valence-electron chi connectivity index (χ2n) is 9.65. The number of hydrogen-bond acceptors (Lipinski definition) is 0. The Morgan fingerprint density at radius 1 is 0.600 bits per heavy atom. The van der Waals surface area contributed by atoms with Gasteiger partial charge in [-0.2, -0.15) is 0 Å². The fourth-order valence-corrected chi connectivity index (χ4v) is 5.23. The summed E-state index contributed by atoms with van der Waals surface area (Å²) in [5.41, 5.74) is 5.67. The lowest BCUT2D eigenvalue weighted by Gasteiger charge is -2.29. The second kappa shape index (κ2) is 13.0. The Bertz CT molecular complexity index is 686. The van der Waals surface area contributed by atoms with E-state index in [0.717, 1.165) is 18.3 Å². The summed E-state index contributed by atoms with van der Waals surface area (Å²) in [5.74, 6) is 1.79. The summed E-state index contributed by atoms with van der Waals surface area (Å²) in [6.07, 6.45) is 19.8.